The molecule has 16 nitrogen and oxygen atoms in total. The van der Waals surface area contributed by atoms with Crippen LogP contribution in [-0.2, 0) is 90.8 Å². The SMILES string of the molecule is CCCCC(CC)C(=O)[O-].CCCCC(CC)C(=O)[O-].CCCCC(CC)C(=O)[O-].CCCCC(CC)C(=O)[O-].CCCCC(CC)C(=O)[O-].CCCCC(CC)C(=O)[O-].CCCCC(CC)C(=O)[O-].CCCCC(CC)C(=O)[O-].[Zr+4].[Zr+4]. The van der Waals surface area contributed by atoms with Crippen molar-refractivity contribution in [3.8, 4) is 0 Å². The molecule has 0 saturated heterocycles. The molecular formula is C64H120O16Zr2. The maximum Gasteiger partial charge on any atom is 4.00 e. The van der Waals surface area contributed by atoms with Crippen LogP contribution in [0, 0.1) is 47.3 Å². The Morgan fingerprint density at radius 3 is 0.305 bits per heavy atom. The van der Waals surface area contributed by atoms with Crippen LogP contribution in [0.25, 0.3) is 0 Å². The molecular weight excluding hydrogens is 1210 g/mol. The van der Waals surface area contributed by atoms with Gasteiger partial charge in [-0.1, -0.05) is 214 Å². The van der Waals surface area contributed by atoms with Crippen molar-refractivity contribution in [1.29, 1.82) is 0 Å². The average Bonchev–Trinajstić information content (AvgIpc) is 3.41. The van der Waals surface area contributed by atoms with Gasteiger partial charge in [-0.05, 0) is 150 Å². The number of carboxylic acid groups (broad SMARTS) is 8. The predicted octanol–water partition coefficient (Wildman–Crippen LogP) is 7.62. The number of carbonyl (C=O) groups is 8. The van der Waals surface area contributed by atoms with Gasteiger partial charge >= 0.3 is 52.4 Å². The number of hydrogen-bond donors (Lipinski definition) is 0. The van der Waals surface area contributed by atoms with Gasteiger partial charge in [-0.15, -0.1) is 0 Å². The Hall–Kier alpha value is -2.47. The molecule has 8 unspecified atom stereocenters. The van der Waals surface area contributed by atoms with E-state index in [1.807, 2.05) is 55.4 Å². The van der Waals surface area contributed by atoms with E-state index in [0.29, 0.717) is 51.4 Å². The normalized spacial score (nSPS) is 12.7. The zero-order valence-electron chi connectivity index (χ0n) is 54.8. The predicted molar refractivity (Wildman–Crippen MR) is 307 cm³/mol. The molecule has 0 bridgehead atoms. The van der Waals surface area contributed by atoms with E-state index in [1.54, 1.807) is 0 Å². The zero-order valence-corrected chi connectivity index (χ0v) is 59.7. The molecule has 0 aromatic carbocycles. The number of hydrogen-bond acceptors (Lipinski definition) is 16. The number of aliphatic carboxylic acids is 8. The van der Waals surface area contributed by atoms with Gasteiger partial charge in [-0.25, -0.2) is 0 Å². The van der Waals surface area contributed by atoms with E-state index >= 15 is 0 Å². The van der Waals surface area contributed by atoms with Crippen LogP contribution in [0.1, 0.15) is 316 Å². The molecule has 8 atom stereocenters. The molecule has 18 heteroatoms. The smallest absolute Gasteiger partial charge is 0.550 e. The van der Waals surface area contributed by atoms with E-state index in [2.05, 4.69) is 55.4 Å². The van der Waals surface area contributed by atoms with E-state index in [9.17, 15) is 79.2 Å². The van der Waals surface area contributed by atoms with Crippen molar-refractivity contribution in [2.45, 2.75) is 316 Å². The second kappa shape index (κ2) is 78.5. The van der Waals surface area contributed by atoms with Crippen LogP contribution in [-0.4, -0.2) is 47.8 Å². The second-order valence-corrected chi connectivity index (χ2v) is 20.5. The van der Waals surface area contributed by atoms with E-state index in [4.69, 9.17) is 0 Å². The summed E-state index contributed by atoms with van der Waals surface area (Å²) in [5.74, 6) is -8.92. The van der Waals surface area contributed by atoms with Crippen molar-refractivity contribution in [1.82, 2.24) is 0 Å². The molecule has 0 aliphatic carbocycles. The Kier molecular flexibility index (Phi) is 97.2. The second-order valence-electron chi connectivity index (χ2n) is 20.5. The van der Waals surface area contributed by atoms with Crippen molar-refractivity contribution in [2.75, 3.05) is 0 Å². The summed E-state index contributed by atoms with van der Waals surface area (Å²) in [6.45, 7) is 31.5. The van der Waals surface area contributed by atoms with Crippen molar-refractivity contribution in [2.24, 2.45) is 47.3 Å². The summed E-state index contributed by atoms with van der Waals surface area (Å²) in [6.07, 6.45) is 28.2. The van der Waals surface area contributed by atoms with Gasteiger partial charge in [0, 0.05) is 47.8 Å². The van der Waals surface area contributed by atoms with Gasteiger partial charge in [-0.2, -0.15) is 0 Å². The van der Waals surface area contributed by atoms with Gasteiger partial charge in [0.05, 0.1) is 0 Å². The maximum absolute atomic E-state index is 10.3. The summed E-state index contributed by atoms with van der Waals surface area (Å²) in [7, 11) is 0. The molecule has 0 aromatic rings. The van der Waals surface area contributed by atoms with Crippen molar-refractivity contribution in [3.05, 3.63) is 0 Å². The van der Waals surface area contributed by atoms with Crippen LogP contribution in [0.2, 0.25) is 0 Å². The third-order valence-corrected chi connectivity index (χ3v) is 13.9. The minimum absolute atomic E-state index is 0. The maximum atomic E-state index is 10.3. The monoisotopic (exact) mass is 1320 g/mol. The summed E-state index contributed by atoms with van der Waals surface area (Å²) in [5, 5.41) is 82.6. The first-order chi connectivity index (χ1) is 37.7. The van der Waals surface area contributed by atoms with Gasteiger partial charge in [0.1, 0.15) is 0 Å². The summed E-state index contributed by atoms with van der Waals surface area (Å²) in [4.78, 5) is 82.6. The number of carbonyl (C=O) groups excluding carboxylic acids is 8. The third-order valence-electron chi connectivity index (χ3n) is 13.9. The molecule has 0 heterocycles. The molecule has 0 aromatic heterocycles. The van der Waals surface area contributed by atoms with Crippen LogP contribution in [0.15, 0.2) is 0 Å². The third kappa shape index (κ3) is 75.5. The van der Waals surface area contributed by atoms with Gasteiger partial charge in [-0.3, -0.25) is 0 Å². The fourth-order valence-electron chi connectivity index (χ4n) is 7.51. The molecule has 480 valence electrons. The molecule has 0 N–H and O–H groups in total. The molecule has 0 aliphatic rings. The largest absolute Gasteiger partial charge is 4.00 e. The van der Waals surface area contributed by atoms with Gasteiger partial charge in [0.15, 0.2) is 0 Å². The van der Waals surface area contributed by atoms with E-state index in [1.165, 1.54) is 0 Å². The molecule has 0 saturated carbocycles. The van der Waals surface area contributed by atoms with E-state index < -0.39 is 47.8 Å². The van der Waals surface area contributed by atoms with Gasteiger partial charge in [0.25, 0.3) is 0 Å². The first kappa shape index (κ1) is 101. The van der Waals surface area contributed by atoms with Crippen LogP contribution >= 0.6 is 0 Å². The minimum atomic E-state index is -0.893. The van der Waals surface area contributed by atoms with E-state index in [0.717, 1.165) is 154 Å². The van der Waals surface area contributed by atoms with Crippen molar-refractivity contribution < 1.29 is 132 Å². The Balaban J connectivity index is -0.0000000900. The molecule has 0 radical (unpaired) electrons. The van der Waals surface area contributed by atoms with Crippen LogP contribution in [0.3, 0.4) is 0 Å². The molecule has 0 aliphatic heterocycles. The Morgan fingerprint density at radius 1 is 0.195 bits per heavy atom. The number of carboxylic acids is 8. The van der Waals surface area contributed by atoms with Crippen LogP contribution < -0.4 is 40.9 Å². The molecule has 0 spiro atoms. The van der Waals surface area contributed by atoms with Crippen LogP contribution in [0.5, 0.6) is 0 Å². The van der Waals surface area contributed by atoms with Crippen molar-refractivity contribution >= 4 is 47.8 Å². The summed E-state index contributed by atoms with van der Waals surface area (Å²) >= 11 is 0. The fourth-order valence-corrected chi connectivity index (χ4v) is 7.51. The molecule has 0 rings (SSSR count). The zero-order chi connectivity index (χ0) is 63.9. The topological polar surface area (TPSA) is 321 Å². The van der Waals surface area contributed by atoms with Crippen LogP contribution in [0.4, 0.5) is 0 Å². The standard InChI is InChI=1S/8C8H16O2.2Zr/c8*1-3-5-6-7(4-2)8(9)10;;/h8*7H,3-6H2,1-2H3,(H,9,10);;/q;;;;;;;;2*+4/p-8. The minimum Gasteiger partial charge on any atom is -0.550 e. The number of unbranched alkanes of at least 4 members (excludes halogenated alkanes) is 8. The first-order valence-corrected chi connectivity index (χ1v) is 31.4. The quantitative estimate of drug-likeness (QED) is 0.0569. The average molecular weight is 1330 g/mol. The Bertz CT molecular complexity index is 1120. The van der Waals surface area contributed by atoms with Gasteiger partial charge in [0.2, 0.25) is 0 Å². The van der Waals surface area contributed by atoms with Crippen molar-refractivity contribution in [3.63, 3.8) is 0 Å². The number of rotatable bonds is 40. The Morgan fingerprint density at radius 2 is 0.268 bits per heavy atom. The fraction of sp³-hybridized carbons (Fsp3) is 0.875. The first-order valence-electron chi connectivity index (χ1n) is 31.4. The molecule has 0 fully saturated rings. The summed E-state index contributed by atoms with van der Waals surface area (Å²) in [6, 6.07) is 0. The summed E-state index contributed by atoms with van der Waals surface area (Å²) in [5.41, 5.74) is 0. The van der Waals surface area contributed by atoms with Gasteiger partial charge < -0.3 is 79.2 Å². The Labute approximate surface area is 539 Å². The molecule has 82 heavy (non-hydrogen) atoms. The molecule has 0 amide bonds. The van der Waals surface area contributed by atoms with E-state index in [-0.39, 0.29) is 99.8 Å². The summed E-state index contributed by atoms with van der Waals surface area (Å²) < 4.78 is 0.